The summed E-state index contributed by atoms with van der Waals surface area (Å²) in [6.07, 6.45) is 1.23. The van der Waals surface area contributed by atoms with Crippen LogP contribution in [-0.4, -0.2) is 22.7 Å². The second-order valence-electron chi connectivity index (χ2n) is 3.66. The first kappa shape index (κ1) is 8.32. The van der Waals surface area contributed by atoms with Crippen LogP contribution in [0.1, 0.15) is 17.9 Å². The van der Waals surface area contributed by atoms with Gasteiger partial charge in [-0.15, -0.1) is 5.10 Å². The Balaban J connectivity index is 2.14. The summed E-state index contributed by atoms with van der Waals surface area (Å²) in [5.74, 6) is 0.654. The van der Waals surface area contributed by atoms with Gasteiger partial charge in [0.15, 0.2) is 0 Å². The van der Waals surface area contributed by atoms with Crippen LogP contribution in [-0.2, 0) is 0 Å². The SMILES string of the molecule is c1cc(C2CCNC2)c2snnc2c1. The lowest BCUT2D eigenvalue weighted by atomic mass is 9.98. The van der Waals surface area contributed by atoms with E-state index in [-0.39, 0.29) is 0 Å². The number of fused-ring (bicyclic) bond motifs is 1. The first-order chi connectivity index (χ1) is 6.95. The molecule has 2 heterocycles. The highest BCUT2D eigenvalue weighted by molar-refractivity contribution is 7.13. The average Bonchev–Trinajstić information content (AvgIpc) is 2.88. The maximum Gasteiger partial charge on any atom is 0.106 e. The maximum absolute atomic E-state index is 4.10. The van der Waals surface area contributed by atoms with Gasteiger partial charge in [-0.3, -0.25) is 0 Å². The van der Waals surface area contributed by atoms with Crippen LogP contribution in [0.5, 0.6) is 0 Å². The molecular weight excluding hydrogens is 194 g/mol. The Morgan fingerprint density at radius 2 is 2.43 bits per heavy atom. The largest absolute Gasteiger partial charge is 0.316 e. The molecule has 3 rings (SSSR count). The lowest BCUT2D eigenvalue weighted by molar-refractivity contribution is 0.771. The van der Waals surface area contributed by atoms with Crippen LogP contribution in [0.4, 0.5) is 0 Å². The molecule has 0 spiro atoms. The second kappa shape index (κ2) is 3.29. The van der Waals surface area contributed by atoms with Crippen LogP contribution in [0.25, 0.3) is 10.2 Å². The fourth-order valence-corrected chi connectivity index (χ4v) is 2.82. The molecular formula is C10H11N3S. The van der Waals surface area contributed by atoms with Crippen LogP contribution in [0.2, 0.25) is 0 Å². The van der Waals surface area contributed by atoms with Crippen LogP contribution >= 0.6 is 11.5 Å². The van der Waals surface area contributed by atoms with Crippen molar-refractivity contribution >= 4 is 21.7 Å². The van der Waals surface area contributed by atoms with Crippen molar-refractivity contribution < 1.29 is 0 Å². The standard InChI is InChI=1S/C10H11N3S/c1-2-8(7-4-5-11-6-7)10-9(3-1)12-13-14-10/h1-3,7,11H,4-6H2. The predicted molar refractivity (Wildman–Crippen MR) is 57.6 cm³/mol. The molecule has 0 bridgehead atoms. The fourth-order valence-electron chi connectivity index (χ4n) is 2.07. The van der Waals surface area contributed by atoms with E-state index in [1.54, 1.807) is 0 Å². The Morgan fingerprint density at radius 1 is 1.43 bits per heavy atom. The highest BCUT2D eigenvalue weighted by Gasteiger charge is 2.19. The van der Waals surface area contributed by atoms with Gasteiger partial charge in [0.2, 0.25) is 0 Å². The molecule has 1 saturated heterocycles. The molecule has 14 heavy (non-hydrogen) atoms. The van der Waals surface area contributed by atoms with Crippen LogP contribution in [0, 0.1) is 0 Å². The monoisotopic (exact) mass is 205 g/mol. The molecule has 0 radical (unpaired) electrons. The Hall–Kier alpha value is -1.00. The van der Waals surface area contributed by atoms with Gasteiger partial charge in [0, 0.05) is 6.54 Å². The van der Waals surface area contributed by atoms with E-state index in [4.69, 9.17) is 0 Å². The predicted octanol–water partition coefficient (Wildman–Crippen LogP) is 1.77. The molecule has 3 nitrogen and oxygen atoms in total. The number of benzene rings is 1. The summed E-state index contributed by atoms with van der Waals surface area (Å²) in [6.45, 7) is 2.23. The summed E-state index contributed by atoms with van der Waals surface area (Å²) in [7, 11) is 0. The highest BCUT2D eigenvalue weighted by Crippen LogP contribution is 2.30. The quantitative estimate of drug-likeness (QED) is 0.771. The van der Waals surface area contributed by atoms with Gasteiger partial charge in [-0.25, -0.2) is 0 Å². The molecule has 4 heteroatoms. The van der Waals surface area contributed by atoms with Crippen molar-refractivity contribution in [3.05, 3.63) is 23.8 Å². The van der Waals surface area contributed by atoms with E-state index in [2.05, 4.69) is 27.0 Å². The molecule has 72 valence electrons. The first-order valence-corrected chi connectivity index (χ1v) is 5.64. The minimum atomic E-state index is 0.654. The Kier molecular flexibility index (Phi) is 1.96. The third-order valence-electron chi connectivity index (χ3n) is 2.81. The number of aromatic nitrogens is 2. The Labute approximate surface area is 86.3 Å². The summed E-state index contributed by atoms with van der Waals surface area (Å²) in [5, 5.41) is 7.49. The smallest absolute Gasteiger partial charge is 0.106 e. The lowest BCUT2D eigenvalue weighted by Gasteiger charge is -2.08. The summed E-state index contributed by atoms with van der Waals surface area (Å²) in [5.41, 5.74) is 2.46. The zero-order valence-corrected chi connectivity index (χ0v) is 8.55. The van der Waals surface area contributed by atoms with Gasteiger partial charge in [-0.2, -0.15) is 0 Å². The number of rotatable bonds is 1. The molecule has 0 aliphatic carbocycles. The van der Waals surface area contributed by atoms with Gasteiger partial charge in [-0.05, 0) is 42.0 Å². The van der Waals surface area contributed by atoms with E-state index < -0.39 is 0 Å². The number of hydrogen-bond acceptors (Lipinski definition) is 4. The van der Waals surface area contributed by atoms with E-state index in [1.165, 1.54) is 28.2 Å². The molecule has 1 aromatic heterocycles. The Bertz CT molecular complexity index is 445. The van der Waals surface area contributed by atoms with Crippen molar-refractivity contribution in [3.63, 3.8) is 0 Å². The second-order valence-corrected chi connectivity index (χ2v) is 4.41. The molecule has 2 aromatic rings. The molecule has 0 saturated carbocycles. The van der Waals surface area contributed by atoms with E-state index in [9.17, 15) is 0 Å². The fraction of sp³-hybridized carbons (Fsp3) is 0.400. The van der Waals surface area contributed by atoms with E-state index in [1.807, 2.05) is 6.07 Å². The van der Waals surface area contributed by atoms with Crippen LogP contribution in [0.15, 0.2) is 18.2 Å². The van der Waals surface area contributed by atoms with Crippen molar-refractivity contribution in [2.45, 2.75) is 12.3 Å². The summed E-state index contributed by atoms with van der Waals surface area (Å²) in [6, 6.07) is 6.32. The molecule has 0 amide bonds. The summed E-state index contributed by atoms with van der Waals surface area (Å²) < 4.78 is 5.27. The first-order valence-electron chi connectivity index (χ1n) is 4.87. The molecule has 1 N–H and O–H groups in total. The van der Waals surface area contributed by atoms with Gasteiger partial charge < -0.3 is 5.32 Å². The summed E-state index contributed by atoms with van der Waals surface area (Å²) in [4.78, 5) is 0. The van der Waals surface area contributed by atoms with Crippen LogP contribution in [0.3, 0.4) is 0 Å². The van der Waals surface area contributed by atoms with E-state index in [0.717, 1.165) is 18.6 Å². The van der Waals surface area contributed by atoms with E-state index >= 15 is 0 Å². The van der Waals surface area contributed by atoms with Gasteiger partial charge in [-0.1, -0.05) is 16.6 Å². The van der Waals surface area contributed by atoms with Gasteiger partial charge in [0.25, 0.3) is 0 Å². The molecule has 1 aliphatic heterocycles. The Morgan fingerprint density at radius 3 is 3.29 bits per heavy atom. The van der Waals surface area contributed by atoms with Gasteiger partial charge in [0.1, 0.15) is 5.52 Å². The van der Waals surface area contributed by atoms with Gasteiger partial charge >= 0.3 is 0 Å². The van der Waals surface area contributed by atoms with Crippen molar-refractivity contribution in [2.24, 2.45) is 0 Å². The number of nitrogens with zero attached hydrogens (tertiary/aromatic N) is 2. The summed E-state index contributed by atoms with van der Waals surface area (Å²) >= 11 is 1.51. The third-order valence-corrected chi connectivity index (χ3v) is 3.60. The van der Waals surface area contributed by atoms with Gasteiger partial charge in [0.05, 0.1) is 4.70 Å². The zero-order chi connectivity index (χ0) is 9.38. The third kappa shape index (κ3) is 1.22. The normalized spacial score (nSPS) is 21.9. The zero-order valence-electron chi connectivity index (χ0n) is 7.73. The molecule has 1 fully saturated rings. The average molecular weight is 205 g/mol. The van der Waals surface area contributed by atoms with Crippen LogP contribution < -0.4 is 5.32 Å². The minimum absolute atomic E-state index is 0.654. The molecule has 1 atom stereocenters. The number of hydrogen-bond donors (Lipinski definition) is 1. The maximum atomic E-state index is 4.10. The lowest BCUT2D eigenvalue weighted by Crippen LogP contribution is -2.07. The van der Waals surface area contributed by atoms with E-state index in [0.29, 0.717) is 5.92 Å². The highest BCUT2D eigenvalue weighted by atomic mass is 32.1. The van der Waals surface area contributed by atoms with Crippen molar-refractivity contribution in [1.29, 1.82) is 0 Å². The minimum Gasteiger partial charge on any atom is -0.316 e. The molecule has 1 unspecified atom stereocenters. The van der Waals surface area contributed by atoms with Crippen molar-refractivity contribution in [1.82, 2.24) is 14.9 Å². The molecule has 1 aromatic carbocycles. The van der Waals surface area contributed by atoms with Crippen molar-refractivity contribution in [2.75, 3.05) is 13.1 Å². The van der Waals surface area contributed by atoms with Crippen molar-refractivity contribution in [3.8, 4) is 0 Å². The number of nitrogens with one attached hydrogen (secondary N) is 1. The molecule has 1 aliphatic rings. The topological polar surface area (TPSA) is 37.8 Å².